The molecule has 0 aliphatic carbocycles. The molecule has 0 amide bonds. The molecule has 5 rings (SSSR count). The number of ether oxygens (including phenoxy) is 2. The minimum Gasteiger partial charge on any atom is -0.497 e. The molecule has 0 radical (unpaired) electrons. The second-order valence-electron chi connectivity index (χ2n) is 7.68. The van der Waals surface area contributed by atoms with Crippen LogP contribution in [0, 0.1) is 0 Å². The lowest BCUT2D eigenvalue weighted by molar-refractivity contribution is -0.0351. The molecule has 2 aromatic heterocycles. The summed E-state index contributed by atoms with van der Waals surface area (Å²) < 4.78 is 11.3. The summed E-state index contributed by atoms with van der Waals surface area (Å²) in [6.07, 6.45) is 5.33. The molecule has 2 aromatic carbocycles. The number of benzene rings is 2. The van der Waals surface area contributed by atoms with Crippen molar-refractivity contribution in [2.45, 2.75) is 12.6 Å². The van der Waals surface area contributed by atoms with Crippen LogP contribution in [0.1, 0.15) is 17.4 Å². The summed E-state index contributed by atoms with van der Waals surface area (Å²) in [5, 5.41) is 1.17. The van der Waals surface area contributed by atoms with Crippen molar-refractivity contribution in [3.05, 3.63) is 84.4 Å². The SMILES string of the molecule is COc1ccc(-c2cncc([C@@H]3CN(Cc4ccc5ncccc5c4)CCO3)n2)cc1. The van der Waals surface area contributed by atoms with Crippen LogP contribution in [0.15, 0.2) is 73.2 Å². The van der Waals surface area contributed by atoms with Gasteiger partial charge in [0.2, 0.25) is 0 Å². The molecular weight excluding hydrogens is 388 g/mol. The van der Waals surface area contributed by atoms with Gasteiger partial charge in [-0.25, -0.2) is 4.98 Å². The Hall–Kier alpha value is -3.35. The van der Waals surface area contributed by atoms with Gasteiger partial charge in [-0.05, 0) is 48.0 Å². The van der Waals surface area contributed by atoms with E-state index in [1.807, 2.05) is 42.7 Å². The molecule has 1 aliphatic heterocycles. The van der Waals surface area contributed by atoms with E-state index >= 15 is 0 Å². The Morgan fingerprint density at radius 2 is 2.00 bits per heavy atom. The standard InChI is InChI=1S/C25H24N4O2/c1-30-21-7-5-19(6-8-21)23-14-26-15-24(28-23)25-17-29(11-12-31-25)16-18-4-9-22-20(13-18)3-2-10-27-22/h2-10,13-15,25H,11-12,16-17H2,1H3/t25-/m0/s1. The minimum atomic E-state index is -0.0958. The van der Waals surface area contributed by atoms with Gasteiger partial charge in [0.25, 0.3) is 0 Å². The average Bonchev–Trinajstić information content (AvgIpc) is 2.84. The van der Waals surface area contributed by atoms with Gasteiger partial charge < -0.3 is 9.47 Å². The second-order valence-corrected chi connectivity index (χ2v) is 7.68. The highest BCUT2D eigenvalue weighted by Gasteiger charge is 2.24. The zero-order chi connectivity index (χ0) is 21.0. The lowest BCUT2D eigenvalue weighted by atomic mass is 10.1. The van der Waals surface area contributed by atoms with Gasteiger partial charge in [-0.3, -0.25) is 14.9 Å². The summed E-state index contributed by atoms with van der Waals surface area (Å²) in [7, 11) is 1.66. The fourth-order valence-corrected chi connectivity index (χ4v) is 3.94. The molecule has 1 aliphatic rings. The van der Waals surface area contributed by atoms with Gasteiger partial charge >= 0.3 is 0 Å². The van der Waals surface area contributed by atoms with E-state index in [0.717, 1.165) is 47.9 Å². The summed E-state index contributed by atoms with van der Waals surface area (Å²) in [6, 6.07) is 18.4. The number of fused-ring (bicyclic) bond motifs is 1. The van der Waals surface area contributed by atoms with Gasteiger partial charge in [-0.1, -0.05) is 12.1 Å². The van der Waals surface area contributed by atoms with Crippen LogP contribution in [0.25, 0.3) is 22.2 Å². The van der Waals surface area contributed by atoms with Gasteiger partial charge in [0.1, 0.15) is 11.9 Å². The molecule has 0 saturated carbocycles. The summed E-state index contributed by atoms with van der Waals surface area (Å²) in [5.41, 5.74) is 5.01. The van der Waals surface area contributed by atoms with Crippen LogP contribution in [0.5, 0.6) is 5.75 Å². The molecule has 1 fully saturated rings. The van der Waals surface area contributed by atoms with E-state index < -0.39 is 0 Å². The van der Waals surface area contributed by atoms with E-state index in [1.165, 1.54) is 10.9 Å². The van der Waals surface area contributed by atoms with E-state index in [4.69, 9.17) is 14.5 Å². The topological polar surface area (TPSA) is 60.4 Å². The van der Waals surface area contributed by atoms with Gasteiger partial charge in [0, 0.05) is 36.8 Å². The fraction of sp³-hybridized carbons (Fsp3) is 0.240. The average molecular weight is 412 g/mol. The van der Waals surface area contributed by atoms with Crippen LogP contribution in [0.4, 0.5) is 0 Å². The maximum atomic E-state index is 6.06. The predicted octanol–water partition coefficient (Wildman–Crippen LogP) is 4.27. The smallest absolute Gasteiger partial charge is 0.118 e. The van der Waals surface area contributed by atoms with E-state index in [1.54, 1.807) is 13.3 Å². The second kappa shape index (κ2) is 8.79. The van der Waals surface area contributed by atoms with Crippen LogP contribution < -0.4 is 4.74 Å². The van der Waals surface area contributed by atoms with E-state index in [0.29, 0.717) is 6.61 Å². The molecule has 1 atom stereocenters. The molecule has 1 saturated heterocycles. The first-order valence-electron chi connectivity index (χ1n) is 10.4. The Kier molecular flexibility index (Phi) is 5.56. The summed E-state index contributed by atoms with van der Waals surface area (Å²) in [4.78, 5) is 16.1. The van der Waals surface area contributed by atoms with Crippen LogP contribution in [-0.4, -0.2) is 46.7 Å². The first kappa shape index (κ1) is 19.6. The van der Waals surface area contributed by atoms with Crippen molar-refractivity contribution >= 4 is 10.9 Å². The van der Waals surface area contributed by atoms with Gasteiger partial charge in [0.15, 0.2) is 0 Å². The lowest BCUT2D eigenvalue weighted by Gasteiger charge is -2.32. The van der Waals surface area contributed by atoms with Crippen molar-refractivity contribution in [2.75, 3.05) is 26.8 Å². The number of rotatable bonds is 5. The van der Waals surface area contributed by atoms with E-state index in [9.17, 15) is 0 Å². The van der Waals surface area contributed by atoms with Gasteiger partial charge in [-0.2, -0.15) is 0 Å². The largest absolute Gasteiger partial charge is 0.497 e. The van der Waals surface area contributed by atoms with Crippen molar-refractivity contribution in [2.24, 2.45) is 0 Å². The van der Waals surface area contributed by atoms with Gasteiger partial charge in [0.05, 0.1) is 43.0 Å². The van der Waals surface area contributed by atoms with Gasteiger partial charge in [-0.15, -0.1) is 0 Å². The number of pyridine rings is 1. The van der Waals surface area contributed by atoms with E-state index in [-0.39, 0.29) is 6.10 Å². The first-order valence-corrected chi connectivity index (χ1v) is 10.4. The van der Waals surface area contributed by atoms with Crippen molar-refractivity contribution in [1.82, 2.24) is 19.9 Å². The van der Waals surface area contributed by atoms with E-state index in [2.05, 4.69) is 39.1 Å². The zero-order valence-corrected chi connectivity index (χ0v) is 17.4. The molecule has 4 aromatic rings. The van der Waals surface area contributed by atoms with Crippen molar-refractivity contribution in [3.63, 3.8) is 0 Å². The molecule has 6 heteroatoms. The highest BCUT2D eigenvalue weighted by Crippen LogP contribution is 2.25. The summed E-state index contributed by atoms with van der Waals surface area (Å²) in [6.45, 7) is 3.23. The highest BCUT2D eigenvalue weighted by atomic mass is 16.5. The monoisotopic (exact) mass is 412 g/mol. The molecule has 156 valence electrons. The van der Waals surface area contributed by atoms with Crippen LogP contribution >= 0.6 is 0 Å². The highest BCUT2D eigenvalue weighted by molar-refractivity contribution is 5.78. The third kappa shape index (κ3) is 4.40. The zero-order valence-electron chi connectivity index (χ0n) is 17.4. The predicted molar refractivity (Wildman–Crippen MR) is 120 cm³/mol. The Bertz CT molecular complexity index is 1180. The molecule has 0 unspecified atom stereocenters. The number of morpholine rings is 1. The number of hydrogen-bond acceptors (Lipinski definition) is 6. The molecule has 0 bridgehead atoms. The Morgan fingerprint density at radius 3 is 2.87 bits per heavy atom. The third-order valence-corrected chi connectivity index (χ3v) is 5.59. The number of hydrogen-bond donors (Lipinski definition) is 0. The van der Waals surface area contributed by atoms with Crippen LogP contribution in [0.3, 0.4) is 0 Å². The normalized spacial score (nSPS) is 17.0. The molecule has 31 heavy (non-hydrogen) atoms. The minimum absolute atomic E-state index is 0.0958. The summed E-state index contributed by atoms with van der Waals surface area (Å²) in [5.74, 6) is 0.823. The van der Waals surface area contributed by atoms with Crippen molar-refractivity contribution in [1.29, 1.82) is 0 Å². The van der Waals surface area contributed by atoms with Crippen molar-refractivity contribution in [3.8, 4) is 17.0 Å². The molecular formula is C25H24N4O2. The molecule has 6 nitrogen and oxygen atoms in total. The maximum Gasteiger partial charge on any atom is 0.118 e. The fourth-order valence-electron chi connectivity index (χ4n) is 3.94. The Labute approximate surface area is 181 Å². The Balaban J connectivity index is 1.31. The first-order chi connectivity index (χ1) is 15.3. The quantitative estimate of drug-likeness (QED) is 0.488. The summed E-state index contributed by atoms with van der Waals surface area (Å²) >= 11 is 0. The number of methoxy groups -OCH3 is 1. The van der Waals surface area contributed by atoms with Crippen LogP contribution in [0.2, 0.25) is 0 Å². The molecule has 0 N–H and O–H groups in total. The third-order valence-electron chi connectivity index (χ3n) is 5.59. The molecule has 0 spiro atoms. The van der Waals surface area contributed by atoms with Crippen molar-refractivity contribution < 1.29 is 9.47 Å². The lowest BCUT2D eigenvalue weighted by Crippen LogP contribution is -2.38. The maximum absolute atomic E-state index is 6.06. The number of nitrogens with zero attached hydrogens (tertiary/aromatic N) is 4. The number of aromatic nitrogens is 3. The molecule has 3 heterocycles. The Morgan fingerprint density at radius 1 is 1.10 bits per heavy atom. The van der Waals surface area contributed by atoms with Crippen LogP contribution in [-0.2, 0) is 11.3 Å².